The van der Waals surface area contributed by atoms with Crippen LogP contribution in [0.4, 0.5) is 0 Å². The zero-order chi connectivity index (χ0) is 17.8. The predicted molar refractivity (Wildman–Crippen MR) is 96.0 cm³/mol. The van der Waals surface area contributed by atoms with Crippen LogP contribution in [0, 0.1) is 18.8 Å². The fourth-order valence-electron chi connectivity index (χ4n) is 3.97. The standard InChI is InChI=1S/C17H29N7O/c1-12-21-22-16-6-5-14(11-24(12)16)9-20-17(19-2)23-7-3-4-13(10-23)8-15(18)25/h13-14H,3-11H2,1-2H3,(H2,18,25)(H,19,20). The lowest BCUT2D eigenvalue weighted by molar-refractivity contribution is -0.119. The Hall–Kier alpha value is -2.12. The normalized spacial score (nSPS) is 24.1. The Labute approximate surface area is 148 Å². The zero-order valence-electron chi connectivity index (χ0n) is 15.2. The Balaban J connectivity index is 1.53. The Morgan fingerprint density at radius 3 is 2.92 bits per heavy atom. The molecule has 0 bridgehead atoms. The molecule has 0 aliphatic carbocycles. The van der Waals surface area contributed by atoms with E-state index >= 15 is 0 Å². The van der Waals surface area contributed by atoms with Crippen LogP contribution in [0.1, 0.15) is 37.3 Å². The lowest BCUT2D eigenvalue weighted by Gasteiger charge is -2.35. The van der Waals surface area contributed by atoms with E-state index in [4.69, 9.17) is 5.73 Å². The first-order chi connectivity index (χ1) is 12.1. The van der Waals surface area contributed by atoms with Crippen LogP contribution >= 0.6 is 0 Å². The SMILES string of the molecule is CN=C(NCC1CCc2nnc(C)n2C1)N1CCCC(CC(N)=O)C1. The molecule has 8 nitrogen and oxygen atoms in total. The molecule has 8 heteroatoms. The van der Waals surface area contributed by atoms with Crippen molar-refractivity contribution in [1.82, 2.24) is 25.0 Å². The molecule has 1 amide bonds. The number of fused-ring (bicyclic) bond motifs is 1. The lowest BCUT2D eigenvalue weighted by atomic mass is 9.94. The molecule has 2 aliphatic heterocycles. The molecule has 25 heavy (non-hydrogen) atoms. The number of piperidine rings is 1. The van der Waals surface area contributed by atoms with Gasteiger partial charge in [0, 0.05) is 46.1 Å². The van der Waals surface area contributed by atoms with Gasteiger partial charge in [-0.15, -0.1) is 10.2 Å². The molecule has 2 atom stereocenters. The van der Waals surface area contributed by atoms with Crippen molar-refractivity contribution in [1.29, 1.82) is 0 Å². The highest BCUT2D eigenvalue weighted by molar-refractivity contribution is 5.80. The van der Waals surface area contributed by atoms with Crippen molar-refractivity contribution in [2.45, 2.75) is 45.6 Å². The molecule has 2 unspecified atom stereocenters. The molecule has 1 aromatic heterocycles. The van der Waals surface area contributed by atoms with Crippen LogP contribution in [0.3, 0.4) is 0 Å². The number of guanidine groups is 1. The monoisotopic (exact) mass is 347 g/mol. The number of likely N-dealkylation sites (tertiary alicyclic amines) is 1. The van der Waals surface area contributed by atoms with E-state index in [1.807, 2.05) is 14.0 Å². The zero-order valence-corrected chi connectivity index (χ0v) is 15.2. The van der Waals surface area contributed by atoms with E-state index in [2.05, 4.69) is 30.0 Å². The number of aromatic nitrogens is 3. The van der Waals surface area contributed by atoms with Crippen LogP contribution in [-0.2, 0) is 17.8 Å². The predicted octanol–water partition coefficient (Wildman–Crippen LogP) is 0.312. The number of hydrogen-bond donors (Lipinski definition) is 2. The number of primary amides is 1. The van der Waals surface area contributed by atoms with Gasteiger partial charge < -0.3 is 20.5 Å². The van der Waals surface area contributed by atoms with Crippen molar-refractivity contribution >= 4 is 11.9 Å². The maximum absolute atomic E-state index is 11.2. The summed E-state index contributed by atoms with van der Waals surface area (Å²) in [6.45, 7) is 5.69. The van der Waals surface area contributed by atoms with E-state index in [-0.39, 0.29) is 5.91 Å². The van der Waals surface area contributed by atoms with Gasteiger partial charge in [-0.1, -0.05) is 0 Å². The molecule has 1 saturated heterocycles. The van der Waals surface area contributed by atoms with Crippen molar-refractivity contribution in [3.8, 4) is 0 Å². The quantitative estimate of drug-likeness (QED) is 0.603. The minimum atomic E-state index is -0.211. The first-order valence-corrected chi connectivity index (χ1v) is 9.19. The van der Waals surface area contributed by atoms with Crippen molar-refractivity contribution in [2.24, 2.45) is 22.6 Å². The number of aryl methyl sites for hydroxylation is 2. The highest BCUT2D eigenvalue weighted by atomic mass is 16.1. The number of aliphatic imine (C=N–C) groups is 1. The Bertz CT molecular complexity index is 639. The van der Waals surface area contributed by atoms with Gasteiger partial charge >= 0.3 is 0 Å². The van der Waals surface area contributed by atoms with Gasteiger partial charge in [-0.3, -0.25) is 9.79 Å². The van der Waals surface area contributed by atoms with Gasteiger partial charge in [-0.25, -0.2) is 0 Å². The average molecular weight is 347 g/mol. The van der Waals surface area contributed by atoms with E-state index in [0.717, 1.165) is 69.5 Å². The van der Waals surface area contributed by atoms with E-state index in [1.54, 1.807) is 0 Å². The number of rotatable bonds is 4. The highest BCUT2D eigenvalue weighted by Gasteiger charge is 2.25. The number of carbonyl (C=O) groups is 1. The molecule has 3 N–H and O–H groups in total. The number of carbonyl (C=O) groups excluding carboxylic acids is 1. The maximum atomic E-state index is 11.2. The largest absolute Gasteiger partial charge is 0.370 e. The molecule has 2 aliphatic rings. The molecule has 1 fully saturated rings. The minimum Gasteiger partial charge on any atom is -0.370 e. The third-order valence-corrected chi connectivity index (χ3v) is 5.30. The summed E-state index contributed by atoms with van der Waals surface area (Å²) in [5, 5.41) is 11.9. The molecule has 0 aromatic carbocycles. The van der Waals surface area contributed by atoms with Crippen molar-refractivity contribution < 1.29 is 4.79 Å². The van der Waals surface area contributed by atoms with Gasteiger partial charge in [0.2, 0.25) is 5.91 Å². The van der Waals surface area contributed by atoms with Crippen molar-refractivity contribution in [3.05, 3.63) is 11.6 Å². The summed E-state index contributed by atoms with van der Waals surface area (Å²) >= 11 is 0. The van der Waals surface area contributed by atoms with Crippen molar-refractivity contribution in [3.63, 3.8) is 0 Å². The Kier molecular flexibility index (Phi) is 5.55. The van der Waals surface area contributed by atoms with Crippen LogP contribution in [0.25, 0.3) is 0 Å². The van der Waals surface area contributed by atoms with Gasteiger partial charge in [-0.05, 0) is 38.0 Å². The van der Waals surface area contributed by atoms with Crippen molar-refractivity contribution in [2.75, 3.05) is 26.7 Å². The van der Waals surface area contributed by atoms with Gasteiger partial charge in [0.15, 0.2) is 5.96 Å². The highest BCUT2D eigenvalue weighted by Crippen LogP contribution is 2.21. The van der Waals surface area contributed by atoms with Crippen LogP contribution in [-0.4, -0.2) is 58.2 Å². The number of nitrogens with one attached hydrogen (secondary N) is 1. The lowest BCUT2D eigenvalue weighted by Crippen LogP contribution is -2.48. The van der Waals surface area contributed by atoms with Gasteiger partial charge in [-0.2, -0.15) is 0 Å². The molecule has 1 aromatic rings. The summed E-state index contributed by atoms with van der Waals surface area (Å²) in [5.41, 5.74) is 5.36. The van der Waals surface area contributed by atoms with Crippen LogP contribution in [0.15, 0.2) is 4.99 Å². The summed E-state index contributed by atoms with van der Waals surface area (Å²) in [6, 6.07) is 0. The summed E-state index contributed by atoms with van der Waals surface area (Å²) in [5.74, 6) is 3.70. The maximum Gasteiger partial charge on any atom is 0.217 e. The molecule has 3 rings (SSSR count). The second-order valence-corrected chi connectivity index (χ2v) is 7.23. The van der Waals surface area contributed by atoms with Crippen LogP contribution < -0.4 is 11.1 Å². The number of hydrogen-bond acceptors (Lipinski definition) is 4. The summed E-state index contributed by atoms with van der Waals surface area (Å²) < 4.78 is 2.22. The smallest absolute Gasteiger partial charge is 0.217 e. The third-order valence-electron chi connectivity index (χ3n) is 5.30. The number of nitrogens with two attached hydrogens (primary N) is 1. The minimum absolute atomic E-state index is 0.211. The van der Waals surface area contributed by atoms with Gasteiger partial charge in [0.05, 0.1) is 0 Å². The van der Waals surface area contributed by atoms with Crippen LogP contribution in [0.2, 0.25) is 0 Å². The topological polar surface area (TPSA) is 101 Å². The molecule has 0 spiro atoms. The van der Waals surface area contributed by atoms with E-state index in [9.17, 15) is 4.79 Å². The van der Waals surface area contributed by atoms with E-state index in [1.165, 1.54) is 0 Å². The molecule has 3 heterocycles. The second kappa shape index (κ2) is 7.84. The second-order valence-electron chi connectivity index (χ2n) is 7.23. The fourth-order valence-corrected chi connectivity index (χ4v) is 3.97. The summed E-state index contributed by atoms with van der Waals surface area (Å²) in [4.78, 5) is 17.9. The van der Waals surface area contributed by atoms with Crippen LogP contribution in [0.5, 0.6) is 0 Å². The molecule has 0 saturated carbocycles. The van der Waals surface area contributed by atoms with Gasteiger partial charge in [0.1, 0.15) is 11.6 Å². The summed E-state index contributed by atoms with van der Waals surface area (Å²) in [7, 11) is 1.82. The average Bonchev–Trinajstić information content (AvgIpc) is 2.96. The van der Waals surface area contributed by atoms with E-state index in [0.29, 0.717) is 18.3 Å². The molecular formula is C17H29N7O. The number of amides is 1. The fraction of sp³-hybridized carbons (Fsp3) is 0.765. The molecule has 0 radical (unpaired) electrons. The Morgan fingerprint density at radius 2 is 2.16 bits per heavy atom. The van der Waals surface area contributed by atoms with E-state index < -0.39 is 0 Å². The summed E-state index contributed by atoms with van der Waals surface area (Å²) in [6.07, 6.45) is 4.70. The molecular weight excluding hydrogens is 318 g/mol. The first kappa shape index (κ1) is 17.7. The number of nitrogens with zero attached hydrogens (tertiary/aromatic N) is 5. The third kappa shape index (κ3) is 4.29. The van der Waals surface area contributed by atoms with Gasteiger partial charge in [0.25, 0.3) is 0 Å². The Morgan fingerprint density at radius 1 is 1.32 bits per heavy atom. The molecule has 138 valence electrons. The first-order valence-electron chi connectivity index (χ1n) is 9.19.